The first-order valence-electron chi connectivity index (χ1n) is 10.7. The molecule has 14 heteroatoms. The summed E-state index contributed by atoms with van der Waals surface area (Å²) in [6, 6.07) is 4.60. The molecule has 0 aromatic heterocycles. The number of carbonyl (C=O) groups excluding carboxylic acids is 2. The summed E-state index contributed by atoms with van der Waals surface area (Å²) in [5, 5.41) is 5.93. The SMILES string of the molecule is CS(=O)CC(=O)c1c(C2=NOC(c3cc(Cl)cc(Cl)c3F)C2C(F)(F)F)ccc2c1C(=O)OC21CNC1. The van der Waals surface area contributed by atoms with Crippen LogP contribution in [0.4, 0.5) is 17.6 Å². The van der Waals surface area contributed by atoms with Crippen molar-refractivity contribution in [3.63, 3.8) is 0 Å². The van der Waals surface area contributed by atoms with E-state index in [4.69, 9.17) is 32.8 Å². The fourth-order valence-electron chi connectivity index (χ4n) is 4.79. The second-order valence-electron chi connectivity index (χ2n) is 8.85. The highest BCUT2D eigenvalue weighted by molar-refractivity contribution is 7.85. The third-order valence-electron chi connectivity index (χ3n) is 6.44. The Morgan fingerprint density at radius 3 is 2.57 bits per heavy atom. The van der Waals surface area contributed by atoms with Crippen LogP contribution in [0.2, 0.25) is 10.0 Å². The van der Waals surface area contributed by atoms with Gasteiger partial charge in [-0.05, 0) is 12.1 Å². The van der Waals surface area contributed by atoms with Gasteiger partial charge < -0.3 is 14.9 Å². The average Bonchev–Trinajstić information content (AvgIpc) is 3.34. The highest BCUT2D eigenvalue weighted by Crippen LogP contribution is 2.48. The van der Waals surface area contributed by atoms with Crippen LogP contribution in [0.3, 0.4) is 0 Å². The largest absolute Gasteiger partial charge is 0.448 e. The van der Waals surface area contributed by atoms with E-state index in [0.29, 0.717) is 5.56 Å². The van der Waals surface area contributed by atoms with Crippen LogP contribution in [-0.2, 0) is 26.0 Å². The van der Waals surface area contributed by atoms with Crippen LogP contribution in [0.15, 0.2) is 29.4 Å². The summed E-state index contributed by atoms with van der Waals surface area (Å²) in [6.07, 6.45) is -5.81. The molecule has 1 saturated heterocycles. The first kappa shape index (κ1) is 26.1. The minimum atomic E-state index is -5.03. The molecule has 2 aromatic rings. The lowest BCUT2D eigenvalue weighted by Crippen LogP contribution is -2.57. The highest BCUT2D eigenvalue weighted by atomic mass is 35.5. The van der Waals surface area contributed by atoms with Crippen LogP contribution in [0, 0.1) is 11.7 Å². The van der Waals surface area contributed by atoms with Gasteiger partial charge in [0.2, 0.25) is 0 Å². The van der Waals surface area contributed by atoms with Crippen molar-refractivity contribution in [3.8, 4) is 0 Å². The summed E-state index contributed by atoms with van der Waals surface area (Å²) >= 11 is 11.7. The first-order valence-corrected chi connectivity index (χ1v) is 13.2. The minimum Gasteiger partial charge on any atom is -0.448 e. The predicted molar refractivity (Wildman–Crippen MR) is 126 cm³/mol. The molecule has 0 radical (unpaired) electrons. The van der Waals surface area contributed by atoms with Crippen molar-refractivity contribution in [2.45, 2.75) is 17.9 Å². The van der Waals surface area contributed by atoms with Gasteiger partial charge in [-0.25, -0.2) is 9.18 Å². The molecule has 3 atom stereocenters. The molecule has 3 heterocycles. The normalized spacial score (nSPS) is 22.7. The fraction of sp³-hybridized carbons (Fsp3) is 0.348. The van der Waals surface area contributed by atoms with E-state index in [0.717, 1.165) is 12.1 Å². The lowest BCUT2D eigenvalue weighted by atomic mass is 9.80. The van der Waals surface area contributed by atoms with E-state index >= 15 is 0 Å². The van der Waals surface area contributed by atoms with Crippen molar-refractivity contribution in [3.05, 3.63) is 67.9 Å². The number of oxime groups is 1. The van der Waals surface area contributed by atoms with Gasteiger partial charge in [0.05, 0.1) is 16.3 Å². The standard InChI is InChI=1S/C23H16Cl2F4N2O5S/c1-37(34)6-14(32)15-10(2-3-12-16(15)21(33)35-22(12)7-30-8-22)19-17(23(27,28)29)20(36-31-19)11-4-9(24)5-13(25)18(11)26/h2-5,17,20,30H,6-8H2,1H3. The molecule has 3 aliphatic heterocycles. The smallest absolute Gasteiger partial charge is 0.401 e. The van der Waals surface area contributed by atoms with Gasteiger partial charge in [-0.2, -0.15) is 13.2 Å². The molecule has 0 amide bonds. The van der Waals surface area contributed by atoms with Gasteiger partial charge in [0.1, 0.15) is 17.4 Å². The van der Waals surface area contributed by atoms with Gasteiger partial charge in [0.15, 0.2) is 17.5 Å². The topological polar surface area (TPSA) is 94.1 Å². The Kier molecular flexibility index (Phi) is 6.37. The third kappa shape index (κ3) is 4.23. The molecule has 1 fully saturated rings. The molecule has 1 N–H and O–H groups in total. The molecule has 2 aromatic carbocycles. The Bertz CT molecular complexity index is 1410. The molecule has 196 valence electrons. The zero-order valence-electron chi connectivity index (χ0n) is 18.7. The lowest BCUT2D eigenvalue weighted by molar-refractivity contribution is -0.178. The van der Waals surface area contributed by atoms with Gasteiger partial charge in [-0.1, -0.05) is 40.5 Å². The number of nitrogens with one attached hydrogen (secondary N) is 1. The Labute approximate surface area is 219 Å². The van der Waals surface area contributed by atoms with Crippen LogP contribution in [-0.4, -0.2) is 52.9 Å². The van der Waals surface area contributed by atoms with E-state index in [-0.39, 0.29) is 29.2 Å². The number of halogens is 6. The number of benzene rings is 2. The third-order valence-corrected chi connectivity index (χ3v) is 7.60. The van der Waals surface area contributed by atoms with Crippen molar-refractivity contribution in [1.29, 1.82) is 0 Å². The number of alkyl halides is 3. The summed E-state index contributed by atoms with van der Waals surface area (Å²) < 4.78 is 75.5. The summed E-state index contributed by atoms with van der Waals surface area (Å²) in [5.41, 5.74) is -3.01. The van der Waals surface area contributed by atoms with Crippen molar-refractivity contribution in [2.24, 2.45) is 11.1 Å². The number of fused-ring (bicyclic) bond motifs is 2. The molecule has 0 bridgehead atoms. The maximum Gasteiger partial charge on any atom is 0.401 e. The Balaban J connectivity index is 1.69. The second kappa shape index (κ2) is 9.04. The molecule has 5 rings (SSSR count). The highest BCUT2D eigenvalue weighted by Gasteiger charge is 2.57. The Morgan fingerprint density at radius 2 is 1.97 bits per heavy atom. The number of hydrogen-bond acceptors (Lipinski definition) is 7. The lowest BCUT2D eigenvalue weighted by Gasteiger charge is -2.38. The van der Waals surface area contributed by atoms with E-state index < -0.39 is 79.8 Å². The molecule has 1 spiro atoms. The number of ketones is 1. The van der Waals surface area contributed by atoms with Gasteiger partial charge in [0.25, 0.3) is 0 Å². The molecule has 3 aliphatic rings. The Morgan fingerprint density at radius 1 is 1.27 bits per heavy atom. The summed E-state index contributed by atoms with van der Waals surface area (Å²) in [7, 11) is -1.68. The minimum absolute atomic E-state index is 0.125. The van der Waals surface area contributed by atoms with Crippen molar-refractivity contribution < 1.29 is 40.9 Å². The number of esters is 1. The van der Waals surface area contributed by atoms with Crippen molar-refractivity contribution in [2.75, 3.05) is 25.1 Å². The maximum atomic E-state index is 14.8. The summed E-state index contributed by atoms with van der Waals surface area (Å²) in [6.45, 7) is 0.509. The predicted octanol–water partition coefficient (Wildman–Crippen LogP) is 4.32. The Hall–Kier alpha value is -2.54. The van der Waals surface area contributed by atoms with Gasteiger partial charge in [-0.15, -0.1) is 0 Å². The molecule has 37 heavy (non-hydrogen) atoms. The van der Waals surface area contributed by atoms with Crippen LogP contribution < -0.4 is 5.32 Å². The average molecular weight is 579 g/mol. The molecule has 0 saturated carbocycles. The number of carbonyl (C=O) groups is 2. The van der Waals surface area contributed by atoms with Gasteiger partial charge >= 0.3 is 12.1 Å². The molecular weight excluding hydrogens is 563 g/mol. The number of hydrogen-bond donors (Lipinski definition) is 1. The van der Waals surface area contributed by atoms with E-state index in [1.807, 2.05) is 0 Å². The quantitative estimate of drug-likeness (QED) is 0.246. The van der Waals surface area contributed by atoms with Gasteiger partial charge in [0, 0.05) is 57.4 Å². The van der Waals surface area contributed by atoms with Crippen LogP contribution in [0.1, 0.15) is 43.5 Å². The van der Waals surface area contributed by atoms with Crippen molar-refractivity contribution in [1.82, 2.24) is 5.32 Å². The summed E-state index contributed by atoms with van der Waals surface area (Å²) in [4.78, 5) is 31.2. The monoisotopic (exact) mass is 578 g/mol. The molecule has 0 aliphatic carbocycles. The fourth-order valence-corrected chi connectivity index (χ4v) is 5.81. The zero-order valence-corrected chi connectivity index (χ0v) is 21.1. The van der Waals surface area contributed by atoms with E-state index in [2.05, 4.69) is 10.5 Å². The summed E-state index contributed by atoms with van der Waals surface area (Å²) in [5.74, 6) is -6.01. The van der Waals surface area contributed by atoms with Crippen LogP contribution in [0.5, 0.6) is 0 Å². The zero-order chi connectivity index (χ0) is 26.9. The van der Waals surface area contributed by atoms with E-state index in [1.165, 1.54) is 18.4 Å². The molecular formula is C23H16Cl2F4N2O5S. The van der Waals surface area contributed by atoms with Crippen molar-refractivity contribution >= 4 is 51.5 Å². The number of ether oxygens (including phenoxy) is 1. The molecule has 3 unspecified atom stereocenters. The van der Waals surface area contributed by atoms with Crippen LogP contribution in [0.25, 0.3) is 0 Å². The molecule has 7 nitrogen and oxygen atoms in total. The number of rotatable bonds is 5. The number of nitrogens with zero attached hydrogens (tertiary/aromatic N) is 1. The van der Waals surface area contributed by atoms with Crippen LogP contribution >= 0.6 is 23.2 Å². The number of Topliss-reactive ketones (excluding diaryl/α,β-unsaturated/α-hetero) is 1. The second-order valence-corrected chi connectivity index (χ2v) is 11.1. The van der Waals surface area contributed by atoms with E-state index in [9.17, 15) is 31.4 Å². The maximum absolute atomic E-state index is 14.8. The van der Waals surface area contributed by atoms with E-state index in [1.54, 1.807) is 0 Å². The van der Waals surface area contributed by atoms with Gasteiger partial charge in [-0.3, -0.25) is 9.00 Å². The first-order chi connectivity index (χ1) is 17.3.